The molecule has 7 nitrogen and oxygen atoms in total. The molecule has 33 heavy (non-hydrogen) atoms. The van der Waals surface area contributed by atoms with Crippen molar-refractivity contribution in [3.05, 3.63) is 59.2 Å². The Morgan fingerprint density at radius 3 is 1.67 bits per heavy atom. The van der Waals surface area contributed by atoms with E-state index in [9.17, 15) is 52.1 Å². The standard InChI is InChI=1S/C17H7F7O7S2/c18-12-11(17(22,23)24)13(19)15(21)16(14(12)20)31-10-5-8(33(28,29)30)4-6-3-7(32(25,26)27)1-2-9(6)10/h1-5H,(H,25,26,27)(H,28,29,30). The lowest BCUT2D eigenvalue weighted by molar-refractivity contribution is -0.143. The smallest absolute Gasteiger partial charge is 0.422 e. The molecule has 0 radical (unpaired) electrons. The molecule has 0 spiro atoms. The van der Waals surface area contributed by atoms with E-state index in [2.05, 4.69) is 4.74 Å². The molecule has 0 saturated carbocycles. The van der Waals surface area contributed by atoms with E-state index in [4.69, 9.17) is 4.55 Å². The average Bonchev–Trinajstić information content (AvgIpc) is 2.66. The molecule has 3 rings (SSSR count). The number of benzene rings is 3. The topological polar surface area (TPSA) is 118 Å². The zero-order valence-corrected chi connectivity index (χ0v) is 16.9. The molecule has 0 aliphatic rings. The van der Waals surface area contributed by atoms with Gasteiger partial charge in [0.05, 0.1) is 9.79 Å². The van der Waals surface area contributed by atoms with E-state index in [1.54, 1.807) is 0 Å². The summed E-state index contributed by atoms with van der Waals surface area (Å²) >= 11 is 0. The number of fused-ring (bicyclic) bond motifs is 1. The molecule has 0 aliphatic heterocycles. The van der Waals surface area contributed by atoms with Gasteiger partial charge in [0, 0.05) is 11.5 Å². The van der Waals surface area contributed by atoms with Crippen molar-refractivity contribution in [3.63, 3.8) is 0 Å². The second-order valence-electron chi connectivity index (χ2n) is 6.31. The Morgan fingerprint density at radius 2 is 1.21 bits per heavy atom. The minimum Gasteiger partial charge on any atom is -0.450 e. The fourth-order valence-corrected chi connectivity index (χ4v) is 3.79. The number of rotatable bonds is 4. The van der Waals surface area contributed by atoms with E-state index in [1.807, 2.05) is 0 Å². The molecule has 2 N–H and O–H groups in total. The maximum atomic E-state index is 14.2. The third-order valence-corrected chi connectivity index (χ3v) is 5.85. The van der Waals surface area contributed by atoms with Gasteiger partial charge in [-0.25, -0.2) is 8.78 Å². The molecular weight excluding hydrogens is 513 g/mol. The summed E-state index contributed by atoms with van der Waals surface area (Å²) in [5.74, 6) is -13.9. The third-order valence-electron chi connectivity index (χ3n) is 4.17. The van der Waals surface area contributed by atoms with Crippen molar-refractivity contribution >= 4 is 31.0 Å². The summed E-state index contributed by atoms with van der Waals surface area (Å²) in [5.41, 5.74) is -2.88. The molecule has 0 unspecified atom stereocenters. The van der Waals surface area contributed by atoms with Crippen LogP contribution in [0.15, 0.2) is 40.1 Å². The van der Waals surface area contributed by atoms with Crippen LogP contribution in [0, 0.1) is 23.3 Å². The van der Waals surface area contributed by atoms with Crippen LogP contribution in [0.25, 0.3) is 10.8 Å². The monoisotopic (exact) mass is 520 g/mol. The molecule has 178 valence electrons. The van der Waals surface area contributed by atoms with Gasteiger partial charge < -0.3 is 4.74 Å². The van der Waals surface area contributed by atoms with Crippen molar-refractivity contribution in [3.8, 4) is 11.5 Å². The van der Waals surface area contributed by atoms with E-state index >= 15 is 0 Å². The molecule has 0 aromatic heterocycles. The second-order valence-corrected chi connectivity index (χ2v) is 9.16. The first-order valence-corrected chi connectivity index (χ1v) is 10.9. The van der Waals surface area contributed by atoms with Gasteiger partial charge in [0.15, 0.2) is 11.6 Å². The molecule has 0 aliphatic carbocycles. The Bertz CT molecular complexity index is 1480. The fourth-order valence-electron chi connectivity index (χ4n) is 2.74. The normalized spacial score (nSPS) is 12.9. The van der Waals surface area contributed by atoms with Crippen molar-refractivity contribution in [1.29, 1.82) is 0 Å². The number of ether oxygens (including phenoxy) is 1. The van der Waals surface area contributed by atoms with E-state index < -0.39 is 81.9 Å². The van der Waals surface area contributed by atoms with Gasteiger partial charge in [0.1, 0.15) is 11.3 Å². The molecule has 0 amide bonds. The average molecular weight is 520 g/mol. The summed E-state index contributed by atoms with van der Waals surface area (Å²) in [6, 6.07) is 3.23. The Hall–Kier alpha value is -2.95. The highest BCUT2D eigenvalue weighted by Gasteiger charge is 2.43. The van der Waals surface area contributed by atoms with Gasteiger partial charge in [0.2, 0.25) is 17.4 Å². The lowest BCUT2D eigenvalue weighted by Crippen LogP contribution is -2.15. The molecule has 16 heteroatoms. The summed E-state index contributed by atoms with van der Waals surface area (Å²) in [6.07, 6.45) is -5.82. The predicted octanol–water partition coefficient (Wildman–Crippen LogP) is 4.70. The first kappa shape index (κ1) is 24.7. The van der Waals surface area contributed by atoms with Crippen LogP contribution in [0.1, 0.15) is 5.56 Å². The lowest BCUT2D eigenvalue weighted by atomic mass is 10.1. The predicted molar refractivity (Wildman–Crippen MR) is 94.9 cm³/mol. The number of hydrogen-bond donors (Lipinski definition) is 2. The molecular formula is C17H7F7O7S2. The van der Waals surface area contributed by atoms with Crippen LogP contribution < -0.4 is 4.74 Å². The number of halogens is 7. The summed E-state index contributed by atoms with van der Waals surface area (Å²) in [5, 5.41) is -0.821. The van der Waals surface area contributed by atoms with Crippen LogP contribution in [-0.2, 0) is 26.4 Å². The van der Waals surface area contributed by atoms with E-state index in [0.717, 1.165) is 12.1 Å². The number of hydrogen-bond acceptors (Lipinski definition) is 5. The zero-order valence-electron chi connectivity index (χ0n) is 15.3. The molecule has 0 bridgehead atoms. The van der Waals surface area contributed by atoms with E-state index in [0.29, 0.717) is 18.2 Å². The lowest BCUT2D eigenvalue weighted by Gasteiger charge is -2.16. The Kier molecular flexibility index (Phi) is 5.85. The van der Waals surface area contributed by atoms with Crippen LogP contribution in [0.4, 0.5) is 30.7 Å². The Balaban J connectivity index is 2.33. The summed E-state index contributed by atoms with van der Waals surface area (Å²) in [6.45, 7) is 0. The van der Waals surface area contributed by atoms with Gasteiger partial charge >= 0.3 is 6.18 Å². The molecule has 0 atom stereocenters. The minimum absolute atomic E-state index is 0.380. The van der Waals surface area contributed by atoms with E-state index in [-0.39, 0.29) is 5.39 Å². The van der Waals surface area contributed by atoms with Crippen LogP contribution >= 0.6 is 0 Å². The Morgan fingerprint density at radius 1 is 0.727 bits per heavy atom. The second kappa shape index (κ2) is 7.82. The third kappa shape index (κ3) is 4.59. The van der Waals surface area contributed by atoms with Crippen molar-refractivity contribution in [2.75, 3.05) is 0 Å². The first-order valence-electron chi connectivity index (χ1n) is 8.06. The largest absolute Gasteiger partial charge is 0.450 e. The quantitative estimate of drug-likeness (QED) is 0.291. The molecule has 0 fully saturated rings. The molecule has 0 heterocycles. The maximum Gasteiger partial charge on any atom is 0.422 e. The van der Waals surface area contributed by atoms with Crippen LogP contribution in [0.5, 0.6) is 11.5 Å². The SMILES string of the molecule is O=S(=O)(O)c1ccc2c(Oc3c(F)c(F)c(C(F)(F)F)c(F)c3F)cc(S(=O)(=O)O)cc2c1. The Labute approximate surface area is 179 Å². The molecule has 3 aromatic carbocycles. The summed E-state index contributed by atoms with van der Waals surface area (Å²) in [7, 11) is -9.93. The minimum atomic E-state index is -5.82. The van der Waals surface area contributed by atoms with Gasteiger partial charge in [-0.1, -0.05) is 0 Å². The van der Waals surface area contributed by atoms with Crippen LogP contribution in [-0.4, -0.2) is 25.9 Å². The highest BCUT2D eigenvalue weighted by Crippen LogP contribution is 2.42. The van der Waals surface area contributed by atoms with Crippen molar-refractivity contribution < 1.29 is 61.4 Å². The van der Waals surface area contributed by atoms with E-state index in [1.165, 1.54) is 0 Å². The highest BCUT2D eigenvalue weighted by molar-refractivity contribution is 7.86. The van der Waals surface area contributed by atoms with Gasteiger partial charge in [-0.15, -0.1) is 0 Å². The molecule has 0 saturated heterocycles. The maximum absolute atomic E-state index is 14.2. The summed E-state index contributed by atoms with van der Waals surface area (Å²) < 4.78 is 163. The molecule has 3 aromatic rings. The van der Waals surface area contributed by atoms with Crippen LogP contribution in [0.2, 0.25) is 0 Å². The van der Waals surface area contributed by atoms with Crippen molar-refractivity contribution in [2.24, 2.45) is 0 Å². The van der Waals surface area contributed by atoms with Crippen molar-refractivity contribution in [2.45, 2.75) is 16.0 Å². The van der Waals surface area contributed by atoms with Gasteiger partial charge in [-0.05, 0) is 29.7 Å². The zero-order chi connectivity index (χ0) is 25.1. The van der Waals surface area contributed by atoms with Crippen molar-refractivity contribution in [1.82, 2.24) is 0 Å². The first-order chi connectivity index (χ1) is 14.9. The number of alkyl halides is 3. The highest BCUT2D eigenvalue weighted by atomic mass is 32.2. The fraction of sp³-hybridized carbons (Fsp3) is 0.0588. The van der Waals surface area contributed by atoms with Crippen LogP contribution in [0.3, 0.4) is 0 Å². The van der Waals surface area contributed by atoms with Gasteiger partial charge in [0.25, 0.3) is 20.2 Å². The van der Waals surface area contributed by atoms with Gasteiger partial charge in [-0.3, -0.25) is 9.11 Å². The van der Waals surface area contributed by atoms with Gasteiger partial charge in [-0.2, -0.15) is 38.8 Å². The summed E-state index contributed by atoms with van der Waals surface area (Å²) in [4.78, 5) is -1.86.